The first-order valence-corrected chi connectivity index (χ1v) is 6.75. The van der Waals surface area contributed by atoms with Gasteiger partial charge >= 0.3 is 0 Å². The number of aromatic nitrogens is 1. The number of amides is 1. The Morgan fingerprint density at radius 1 is 1.24 bits per heavy atom. The Balaban J connectivity index is 2.24. The molecule has 1 aromatic carbocycles. The second-order valence-electron chi connectivity index (χ2n) is 3.89. The molecule has 2 rings (SSSR count). The van der Waals surface area contributed by atoms with Crippen molar-refractivity contribution in [2.45, 2.75) is 10.7 Å². The number of thioether (sulfide) groups is 1. The van der Waals surface area contributed by atoms with Gasteiger partial charge in [-0.25, -0.2) is 0 Å². The molecule has 0 bridgehead atoms. The van der Waals surface area contributed by atoms with Gasteiger partial charge in [-0.1, -0.05) is 23.9 Å². The molecule has 0 unspecified atom stereocenters. The van der Waals surface area contributed by atoms with Crippen LogP contribution in [0.2, 0.25) is 0 Å². The minimum absolute atomic E-state index is 0.268. The number of anilines is 2. The summed E-state index contributed by atoms with van der Waals surface area (Å²) in [7, 11) is 0. The Kier molecular flexibility index (Phi) is 5.07. The van der Waals surface area contributed by atoms with E-state index in [1.165, 1.54) is 24.5 Å². The number of hydrazine groups is 1. The fourth-order valence-corrected chi connectivity index (χ4v) is 2.26. The molecule has 5 nitrogen and oxygen atoms in total. The molecule has 1 aromatic heterocycles. The minimum Gasteiger partial charge on any atom is -0.322 e. The zero-order chi connectivity index (χ0) is 15.2. The van der Waals surface area contributed by atoms with Crippen LogP contribution in [0.5, 0.6) is 0 Å². The zero-order valence-electron chi connectivity index (χ0n) is 10.7. The number of para-hydroxylation sites is 1. The Bertz CT molecular complexity index is 639. The van der Waals surface area contributed by atoms with Crippen molar-refractivity contribution in [1.29, 1.82) is 0 Å². The second kappa shape index (κ2) is 7.00. The van der Waals surface area contributed by atoms with Crippen molar-refractivity contribution in [3.05, 3.63) is 48.3 Å². The average molecular weight is 310 g/mol. The van der Waals surface area contributed by atoms with Gasteiger partial charge in [0.2, 0.25) is 0 Å². The van der Waals surface area contributed by atoms with E-state index in [-0.39, 0.29) is 10.5 Å². The third-order valence-corrected chi connectivity index (χ3v) is 3.36. The third-order valence-electron chi connectivity index (χ3n) is 2.57. The predicted molar refractivity (Wildman–Crippen MR) is 78.3 cm³/mol. The molecule has 8 heteroatoms. The van der Waals surface area contributed by atoms with E-state index in [1.54, 1.807) is 18.2 Å². The highest BCUT2D eigenvalue weighted by atomic mass is 32.2. The summed E-state index contributed by atoms with van der Waals surface area (Å²) in [6.07, 6.45) is 2.84. The number of halogens is 2. The van der Waals surface area contributed by atoms with Crippen LogP contribution < -0.4 is 16.6 Å². The number of carbonyl (C=O) groups excluding carboxylic acids is 1. The SMILES string of the molecule is NNc1cnccc1C(=O)Nc1ccccc1SC(F)F. The smallest absolute Gasteiger partial charge is 0.288 e. The second-order valence-corrected chi connectivity index (χ2v) is 4.93. The fourth-order valence-electron chi connectivity index (χ4n) is 1.67. The fraction of sp³-hybridized carbons (Fsp3) is 0.0769. The van der Waals surface area contributed by atoms with Gasteiger partial charge in [-0.3, -0.25) is 15.6 Å². The number of hydrogen-bond acceptors (Lipinski definition) is 5. The van der Waals surface area contributed by atoms with Crippen LogP contribution in [-0.2, 0) is 0 Å². The first kappa shape index (κ1) is 15.2. The Labute approximate surface area is 123 Å². The van der Waals surface area contributed by atoms with E-state index in [0.29, 0.717) is 23.1 Å². The molecule has 0 spiro atoms. The van der Waals surface area contributed by atoms with Gasteiger partial charge in [-0.05, 0) is 18.2 Å². The molecule has 1 heterocycles. The maximum atomic E-state index is 12.5. The van der Waals surface area contributed by atoms with Crippen LogP contribution in [0.25, 0.3) is 0 Å². The van der Waals surface area contributed by atoms with E-state index in [4.69, 9.17) is 5.84 Å². The molecular weight excluding hydrogens is 298 g/mol. The van der Waals surface area contributed by atoms with Crippen LogP contribution in [0.1, 0.15) is 10.4 Å². The molecule has 1 amide bonds. The van der Waals surface area contributed by atoms with Crippen LogP contribution in [0.15, 0.2) is 47.6 Å². The van der Waals surface area contributed by atoms with Gasteiger partial charge in [0.1, 0.15) is 0 Å². The number of nitrogens with one attached hydrogen (secondary N) is 2. The number of pyridine rings is 1. The molecule has 0 fully saturated rings. The van der Waals surface area contributed by atoms with Crippen molar-refractivity contribution >= 4 is 29.0 Å². The van der Waals surface area contributed by atoms with Crippen LogP contribution in [0.4, 0.5) is 20.2 Å². The van der Waals surface area contributed by atoms with Gasteiger partial charge in [0.05, 0.1) is 23.1 Å². The summed E-state index contributed by atoms with van der Waals surface area (Å²) in [5, 5.41) is 2.59. The highest BCUT2D eigenvalue weighted by Crippen LogP contribution is 2.32. The molecule has 21 heavy (non-hydrogen) atoms. The van der Waals surface area contributed by atoms with E-state index in [9.17, 15) is 13.6 Å². The van der Waals surface area contributed by atoms with Crippen LogP contribution >= 0.6 is 11.8 Å². The molecule has 0 aliphatic rings. The predicted octanol–water partition coefficient (Wildman–Crippen LogP) is 2.93. The molecular formula is C13H12F2N4OS. The van der Waals surface area contributed by atoms with Crippen LogP contribution in [0.3, 0.4) is 0 Å². The summed E-state index contributed by atoms with van der Waals surface area (Å²) in [6, 6.07) is 7.83. The van der Waals surface area contributed by atoms with E-state index in [0.717, 1.165) is 0 Å². The number of hydrogen-bond donors (Lipinski definition) is 3. The lowest BCUT2D eigenvalue weighted by atomic mass is 10.2. The van der Waals surface area contributed by atoms with Gasteiger partial charge in [-0.15, -0.1) is 0 Å². The van der Waals surface area contributed by atoms with Gasteiger partial charge in [0, 0.05) is 11.1 Å². The third kappa shape index (κ3) is 3.89. The number of alkyl halides is 2. The van der Waals surface area contributed by atoms with Crippen LogP contribution in [-0.4, -0.2) is 16.6 Å². The minimum atomic E-state index is -2.56. The Hall–Kier alpha value is -2.19. The van der Waals surface area contributed by atoms with E-state index < -0.39 is 11.7 Å². The summed E-state index contributed by atoms with van der Waals surface area (Å²) in [4.78, 5) is 16.3. The number of carbonyl (C=O) groups is 1. The quantitative estimate of drug-likeness (QED) is 0.449. The van der Waals surface area contributed by atoms with Crippen molar-refractivity contribution in [1.82, 2.24) is 4.98 Å². The highest BCUT2D eigenvalue weighted by Gasteiger charge is 2.15. The lowest BCUT2D eigenvalue weighted by Gasteiger charge is -2.12. The topological polar surface area (TPSA) is 80.0 Å². The van der Waals surface area contributed by atoms with Crippen molar-refractivity contribution in [3.63, 3.8) is 0 Å². The maximum absolute atomic E-state index is 12.5. The van der Waals surface area contributed by atoms with E-state index >= 15 is 0 Å². The first-order chi connectivity index (χ1) is 10.1. The molecule has 0 aliphatic heterocycles. The average Bonchev–Trinajstić information content (AvgIpc) is 2.48. The lowest BCUT2D eigenvalue weighted by Crippen LogP contribution is -2.17. The van der Waals surface area contributed by atoms with Gasteiger partial charge in [0.25, 0.3) is 11.7 Å². The summed E-state index contributed by atoms with van der Waals surface area (Å²) in [5.41, 5.74) is 3.28. The Morgan fingerprint density at radius 3 is 2.71 bits per heavy atom. The van der Waals surface area contributed by atoms with Crippen molar-refractivity contribution in [3.8, 4) is 0 Å². The number of benzene rings is 1. The largest absolute Gasteiger partial charge is 0.322 e. The number of nitrogens with two attached hydrogens (primary N) is 1. The first-order valence-electron chi connectivity index (χ1n) is 5.87. The highest BCUT2D eigenvalue weighted by molar-refractivity contribution is 7.99. The number of rotatable bonds is 5. The van der Waals surface area contributed by atoms with E-state index in [1.807, 2.05) is 0 Å². The molecule has 4 N–H and O–H groups in total. The van der Waals surface area contributed by atoms with Crippen molar-refractivity contribution in [2.24, 2.45) is 5.84 Å². The maximum Gasteiger partial charge on any atom is 0.288 e. The van der Waals surface area contributed by atoms with Crippen molar-refractivity contribution in [2.75, 3.05) is 10.7 Å². The molecule has 2 aromatic rings. The number of nitrogen functional groups attached to an aromatic ring is 1. The molecule has 0 atom stereocenters. The molecule has 0 saturated carbocycles. The monoisotopic (exact) mass is 310 g/mol. The molecule has 110 valence electrons. The Morgan fingerprint density at radius 2 is 2.00 bits per heavy atom. The lowest BCUT2D eigenvalue weighted by molar-refractivity contribution is 0.102. The summed E-state index contributed by atoms with van der Waals surface area (Å²) in [5.74, 6) is 2.27. The normalized spacial score (nSPS) is 10.5. The summed E-state index contributed by atoms with van der Waals surface area (Å²) < 4.78 is 25.0. The zero-order valence-corrected chi connectivity index (χ0v) is 11.5. The summed E-state index contributed by atoms with van der Waals surface area (Å²) in [6.45, 7) is 0. The van der Waals surface area contributed by atoms with Gasteiger partial charge < -0.3 is 10.7 Å². The molecule has 0 radical (unpaired) electrons. The molecule has 0 aliphatic carbocycles. The van der Waals surface area contributed by atoms with Crippen molar-refractivity contribution < 1.29 is 13.6 Å². The van der Waals surface area contributed by atoms with E-state index in [2.05, 4.69) is 15.7 Å². The van der Waals surface area contributed by atoms with Gasteiger partial charge in [-0.2, -0.15) is 8.78 Å². The van der Waals surface area contributed by atoms with Gasteiger partial charge in [0.15, 0.2) is 0 Å². The van der Waals surface area contributed by atoms with Crippen LogP contribution in [0, 0.1) is 0 Å². The summed E-state index contributed by atoms with van der Waals surface area (Å²) >= 11 is 0.371. The number of nitrogens with zero attached hydrogens (tertiary/aromatic N) is 1. The molecule has 0 saturated heterocycles. The standard InChI is InChI=1S/C13H12F2N4OS/c14-13(15)21-11-4-2-1-3-9(11)18-12(20)8-5-6-17-7-10(8)19-16/h1-7,13,19H,16H2,(H,18,20).